The zero-order chi connectivity index (χ0) is 21.9. The fraction of sp³-hybridized carbons (Fsp3) is 0.500. The Balaban J connectivity index is 1.88. The quantitative estimate of drug-likeness (QED) is 0.611. The summed E-state index contributed by atoms with van der Waals surface area (Å²) in [6, 6.07) is 9.02. The zero-order valence-corrected chi connectivity index (χ0v) is 18.7. The lowest BCUT2D eigenvalue weighted by Gasteiger charge is -2.35. The van der Waals surface area contributed by atoms with Crippen molar-refractivity contribution in [3.05, 3.63) is 58.0 Å². The first-order valence-electron chi connectivity index (χ1n) is 10.6. The van der Waals surface area contributed by atoms with Crippen molar-refractivity contribution in [1.82, 2.24) is 9.80 Å². The van der Waals surface area contributed by atoms with Crippen molar-refractivity contribution in [1.29, 1.82) is 5.26 Å². The molecule has 1 heterocycles. The second-order valence-electron chi connectivity index (χ2n) is 8.72. The van der Waals surface area contributed by atoms with Crippen LogP contribution in [0.4, 0.5) is 4.39 Å². The third-order valence-electron chi connectivity index (χ3n) is 6.37. The van der Waals surface area contributed by atoms with E-state index in [9.17, 15) is 14.4 Å². The Bertz CT molecular complexity index is 915. The second-order valence-corrected chi connectivity index (χ2v) is 9.13. The molecule has 0 radical (unpaired) electrons. The molecule has 0 N–H and O–H groups in total. The van der Waals surface area contributed by atoms with Crippen LogP contribution in [0.1, 0.15) is 52.0 Å². The van der Waals surface area contributed by atoms with Crippen LogP contribution in [0.25, 0.3) is 0 Å². The highest BCUT2D eigenvalue weighted by atomic mass is 35.5. The van der Waals surface area contributed by atoms with Crippen molar-refractivity contribution in [2.45, 2.75) is 59.0 Å². The summed E-state index contributed by atoms with van der Waals surface area (Å²) in [7, 11) is 0. The van der Waals surface area contributed by atoms with Crippen LogP contribution in [0.5, 0.6) is 0 Å². The largest absolute Gasteiger partial charge is 0.365 e. The molecule has 1 aliphatic carbocycles. The highest BCUT2D eigenvalue weighted by Crippen LogP contribution is 2.34. The number of hydrogen-bond donors (Lipinski definition) is 0. The van der Waals surface area contributed by atoms with E-state index in [-0.39, 0.29) is 23.2 Å². The van der Waals surface area contributed by atoms with Gasteiger partial charge in [0.15, 0.2) is 0 Å². The Kier molecular flexibility index (Phi) is 6.88. The van der Waals surface area contributed by atoms with Crippen LogP contribution in [0.2, 0.25) is 0 Å². The SMILES string of the molecule is CCC(C)(C)C(=O)N1CC[C@H](N(Cc2ccccc2F)C2=CC(Cl)=C(C#N)CC2)C1. The third kappa shape index (κ3) is 4.70. The van der Waals surface area contributed by atoms with Crippen molar-refractivity contribution >= 4 is 17.5 Å². The molecule has 1 aromatic carbocycles. The lowest BCUT2D eigenvalue weighted by molar-refractivity contribution is -0.139. The molecule has 1 amide bonds. The average Bonchev–Trinajstić information content (AvgIpc) is 3.22. The molecule has 0 aromatic heterocycles. The summed E-state index contributed by atoms with van der Waals surface area (Å²) in [4.78, 5) is 17.1. The van der Waals surface area contributed by atoms with Crippen molar-refractivity contribution < 1.29 is 9.18 Å². The number of amides is 1. The summed E-state index contributed by atoms with van der Waals surface area (Å²) in [5.41, 5.74) is 1.81. The topological polar surface area (TPSA) is 47.3 Å². The minimum Gasteiger partial charge on any atom is -0.365 e. The zero-order valence-electron chi connectivity index (χ0n) is 17.9. The molecule has 1 atom stereocenters. The van der Waals surface area contributed by atoms with E-state index in [0.29, 0.717) is 48.6 Å². The van der Waals surface area contributed by atoms with Gasteiger partial charge in [-0.05, 0) is 37.8 Å². The van der Waals surface area contributed by atoms with Gasteiger partial charge in [0.25, 0.3) is 0 Å². The molecule has 0 saturated carbocycles. The second kappa shape index (κ2) is 9.22. The van der Waals surface area contributed by atoms with Gasteiger partial charge in [0.2, 0.25) is 5.91 Å². The molecule has 0 unspecified atom stereocenters. The number of nitriles is 1. The van der Waals surface area contributed by atoms with Crippen LogP contribution in [-0.4, -0.2) is 34.8 Å². The van der Waals surface area contributed by atoms with E-state index in [1.54, 1.807) is 12.1 Å². The van der Waals surface area contributed by atoms with E-state index in [1.807, 2.05) is 37.8 Å². The minimum atomic E-state index is -0.386. The van der Waals surface area contributed by atoms with E-state index in [2.05, 4.69) is 11.0 Å². The number of carbonyl (C=O) groups is 1. The molecular weight excluding hydrogens is 401 g/mol. The molecule has 3 rings (SSSR count). The highest BCUT2D eigenvalue weighted by molar-refractivity contribution is 6.32. The van der Waals surface area contributed by atoms with Crippen LogP contribution >= 0.6 is 11.6 Å². The Morgan fingerprint density at radius 1 is 1.37 bits per heavy atom. The molecule has 1 aliphatic heterocycles. The molecule has 6 heteroatoms. The fourth-order valence-corrected chi connectivity index (χ4v) is 4.31. The first-order chi connectivity index (χ1) is 14.3. The van der Waals surface area contributed by atoms with Gasteiger partial charge < -0.3 is 9.80 Å². The predicted octanol–water partition coefficient (Wildman–Crippen LogP) is 5.36. The van der Waals surface area contributed by atoms with Gasteiger partial charge in [0.1, 0.15) is 5.82 Å². The van der Waals surface area contributed by atoms with Gasteiger partial charge in [0.05, 0.1) is 11.1 Å². The number of hydrogen-bond acceptors (Lipinski definition) is 3. The predicted molar refractivity (Wildman–Crippen MR) is 117 cm³/mol. The monoisotopic (exact) mass is 429 g/mol. The molecule has 1 saturated heterocycles. The molecule has 2 aliphatic rings. The number of allylic oxidation sites excluding steroid dienone is 4. The van der Waals surface area contributed by atoms with Crippen LogP contribution in [0.3, 0.4) is 0 Å². The van der Waals surface area contributed by atoms with Crippen molar-refractivity contribution in [2.24, 2.45) is 5.41 Å². The first kappa shape index (κ1) is 22.4. The fourth-order valence-electron chi connectivity index (χ4n) is 4.05. The minimum absolute atomic E-state index is 0.0839. The lowest BCUT2D eigenvalue weighted by atomic mass is 9.88. The standard InChI is InChI=1S/C24H29ClFN3O/c1-4-24(2,3)23(30)28-12-11-20(16-28)29(15-18-7-5-6-8-22(18)26)19-10-9-17(14-27)21(25)13-19/h5-8,13,20H,4,9-12,15-16H2,1-3H3/t20-/m0/s1. The molecular formula is C24H29ClFN3O. The Hall–Kier alpha value is -2.32. The van der Waals surface area contributed by atoms with Crippen molar-refractivity contribution in [3.63, 3.8) is 0 Å². The van der Waals surface area contributed by atoms with Crippen molar-refractivity contribution in [2.75, 3.05) is 13.1 Å². The summed E-state index contributed by atoms with van der Waals surface area (Å²) >= 11 is 6.34. The maximum Gasteiger partial charge on any atom is 0.228 e. The number of likely N-dealkylation sites (tertiary alicyclic amines) is 1. The number of halogens is 2. The van der Waals surface area contributed by atoms with E-state index in [4.69, 9.17) is 11.6 Å². The van der Waals surface area contributed by atoms with Crippen LogP contribution in [0.15, 0.2) is 46.6 Å². The van der Waals surface area contributed by atoms with Gasteiger partial charge in [0, 0.05) is 47.9 Å². The van der Waals surface area contributed by atoms with Crippen molar-refractivity contribution in [3.8, 4) is 6.07 Å². The summed E-state index contributed by atoms with van der Waals surface area (Å²) < 4.78 is 14.4. The summed E-state index contributed by atoms with van der Waals surface area (Å²) in [5, 5.41) is 9.69. The molecule has 0 bridgehead atoms. The summed E-state index contributed by atoms with van der Waals surface area (Å²) in [5.74, 6) is -0.0723. The first-order valence-corrected chi connectivity index (χ1v) is 10.9. The molecule has 30 heavy (non-hydrogen) atoms. The maximum atomic E-state index is 14.4. The lowest BCUT2D eigenvalue weighted by Crippen LogP contribution is -2.42. The van der Waals surface area contributed by atoms with E-state index in [1.165, 1.54) is 6.07 Å². The van der Waals surface area contributed by atoms with Gasteiger partial charge in [-0.1, -0.05) is 50.6 Å². The molecule has 4 nitrogen and oxygen atoms in total. The number of nitrogens with zero attached hydrogens (tertiary/aromatic N) is 3. The van der Waals surface area contributed by atoms with Crippen LogP contribution in [0, 0.1) is 22.6 Å². The van der Waals surface area contributed by atoms with Crippen LogP contribution < -0.4 is 0 Å². The maximum absolute atomic E-state index is 14.4. The van der Waals surface area contributed by atoms with Gasteiger partial charge in [-0.3, -0.25) is 4.79 Å². The van der Waals surface area contributed by atoms with Gasteiger partial charge in [-0.25, -0.2) is 4.39 Å². The summed E-state index contributed by atoms with van der Waals surface area (Å²) in [6.07, 6.45) is 4.70. The Labute approximate surface area is 183 Å². The summed E-state index contributed by atoms with van der Waals surface area (Å²) in [6.45, 7) is 7.72. The number of benzene rings is 1. The van der Waals surface area contributed by atoms with Gasteiger partial charge >= 0.3 is 0 Å². The number of rotatable bonds is 6. The highest BCUT2D eigenvalue weighted by Gasteiger charge is 2.37. The van der Waals surface area contributed by atoms with E-state index >= 15 is 0 Å². The smallest absolute Gasteiger partial charge is 0.228 e. The Morgan fingerprint density at radius 3 is 2.73 bits per heavy atom. The normalized spacial score (nSPS) is 19.5. The number of carbonyl (C=O) groups excluding carboxylic acids is 1. The average molecular weight is 430 g/mol. The molecule has 1 aromatic rings. The third-order valence-corrected chi connectivity index (χ3v) is 6.71. The van der Waals surface area contributed by atoms with Gasteiger partial charge in [-0.2, -0.15) is 5.26 Å². The molecule has 160 valence electrons. The van der Waals surface area contributed by atoms with E-state index < -0.39 is 0 Å². The molecule has 1 fully saturated rings. The van der Waals surface area contributed by atoms with E-state index in [0.717, 1.165) is 18.5 Å². The van der Waals surface area contributed by atoms with Gasteiger partial charge in [-0.15, -0.1) is 0 Å². The molecule has 0 spiro atoms. The van der Waals surface area contributed by atoms with Crippen LogP contribution in [-0.2, 0) is 11.3 Å². The Morgan fingerprint density at radius 2 is 2.10 bits per heavy atom.